The zero-order valence-corrected chi connectivity index (χ0v) is 21.3. The molecule has 4 heterocycles. The molecule has 0 radical (unpaired) electrons. The molecular formula is C30H24N8O. The van der Waals surface area contributed by atoms with Crippen molar-refractivity contribution in [2.75, 3.05) is 5.73 Å². The number of fused-ring (bicyclic) bond motifs is 2. The van der Waals surface area contributed by atoms with E-state index in [9.17, 15) is 4.79 Å². The third kappa shape index (κ3) is 4.45. The summed E-state index contributed by atoms with van der Waals surface area (Å²) in [5.74, 6) is 6.88. The Bertz CT molecular complexity index is 1910. The lowest BCUT2D eigenvalue weighted by Crippen LogP contribution is -2.29. The molecule has 0 aliphatic rings. The van der Waals surface area contributed by atoms with Crippen LogP contribution in [0.25, 0.3) is 27.6 Å². The number of hydrogen-bond donors (Lipinski definition) is 2. The van der Waals surface area contributed by atoms with Crippen LogP contribution in [0.2, 0.25) is 0 Å². The number of anilines is 1. The largest absolute Gasteiger partial charge is 0.383 e. The number of benzene rings is 2. The Morgan fingerprint density at radius 2 is 1.85 bits per heavy atom. The second-order valence-electron chi connectivity index (χ2n) is 9.12. The number of nitrogens with one attached hydrogen (secondary N) is 1. The lowest BCUT2D eigenvalue weighted by molar-refractivity contribution is 0.0940. The summed E-state index contributed by atoms with van der Waals surface area (Å²) in [5, 5.41) is 8.00. The summed E-state index contributed by atoms with van der Waals surface area (Å²) in [6.07, 6.45) is 6.84. The second kappa shape index (κ2) is 9.76. The Balaban J connectivity index is 1.46. The third-order valence-corrected chi connectivity index (χ3v) is 6.40. The fourth-order valence-electron chi connectivity index (χ4n) is 4.61. The van der Waals surface area contributed by atoms with E-state index in [-0.39, 0.29) is 17.3 Å². The van der Waals surface area contributed by atoms with Crippen molar-refractivity contribution in [1.82, 2.24) is 34.6 Å². The summed E-state index contributed by atoms with van der Waals surface area (Å²) in [6, 6.07) is 18.9. The van der Waals surface area contributed by atoms with Crippen LogP contribution in [-0.2, 0) is 7.05 Å². The molecule has 0 bridgehead atoms. The number of pyridine rings is 2. The fourth-order valence-corrected chi connectivity index (χ4v) is 4.61. The van der Waals surface area contributed by atoms with Gasteiger partial charge in [0.1, 0.15) is 17.2 Å². The molecule has 1 amide bonds. The molecule has 190 valence electrons. The molecule has 0 aliphatic carbocycles. The Labute approximate surface area is 224 Å². The molecule has 3 N–H and O–H groups in total. The third-order valence-electron chi connectivity index (χ3n) is 6.40. The van der Waals surface area contributed by atoms with E-state index in [0.29, 0.717) is 11.3 Å². The van der Waals surface area contributed by atoms with Crippen LogP contribution in [0, 0.1) is 11.8 Å². The van der Waals surface area contributed by atoms with Crippen molar-refractivity contribution in [2.45, 2.75) is 13.0 Å². The van der Waals surface area contributed by atoms with Gasteiger partial charge in [0.2, 0.25) is 0 Å². The minimum atomic E-state index is -0.484. The molecule has 0 saturated heterocycles. The van der Waals surface area contributed by atoms with Crippen molar-refractivity contribution in [3.63, 3.8) is 0 Å². The summed E-state index contributed by atoms with van der Waals surface area (Å²) >= 11 is 0. The molecule has 9 nitrogen and oxygen atoms in total. The summed E-state index contributed by atoms with van der Waals surface area (Å²) < 4.78 is 3.76. The molecule has 2 aromatic carbocycles. The van der Waals surface area contributed by atoms with Gasteiger partial charge in [-0.1, -0.05) is 36.1 Å². The Morgan fingerprint density at radius 3 is 2.64 bits per heavy atom. The van der Waals surface area contributed by atoms with E-state index in [1.165, 1.54) is 0 Å². The summed E-state index contributed by atoms with van der Waals surface area (Å²) in [4.78, 5) is 27.0. The second-order valence-corrected chi connectivity index (χ2v) is 9.12. The van der Waals surface area contributed by atoms with E-state index >= 15 is 0 Å². The first kappa shape index (κ1) is 23.9. The number of aromatic nitrogens is 6. The smallest absolute Gasteiger partial charge is 0.257 e. The molecule has 1 unspecified atom stereocenters. The van der Waals surface area contributed by atoms with Gasteiger partial charge in [-0.15, -0.1) is 0 Å². The number of para-hydroxylation sites is 2. The first-order valence-corrected chi connectivity index (χ1v) is 12.4. The lowest BCUT2D eigenvalue weighted by Gasteiger charge is -2.17. The van der Waals surface area contributed by atoms with E-state index < -0.39 is 6.04 Å². The SMILES string of the molecule is CC(NC(=O)c1c(N)ncc2cccnc12)c1nc2cccc(C#Cc3cnn(C)c3)c2n1-c1ccccc1. The first-order valence-electron chi connectivity index (χ1n) is 12.4. The van der Waals surface area contributed by atoms with Crippen molar-refractivity contribution in [3.05, 3.63) is 108 Å². The predicted molar refractivity (Wildman–Crippen MR) is 150 cm³/mol. The zero-order valence-electron chi connectivity index (χ0n) is 21.3. The van der Waals surface area contributed by atoms with Crippen LogP contribution in [0.5, 0.6) is 0 Å². The molecule has 1 atom stereocenters. The molecular weight excluding hydrogens is 488 g/mol. The van der Waals surface area contributed by atoms with E-state index in [1.807, 2.05) is 79.3 Å². The Morgan fingerprint density at radius 1 is 1.00 bits per heavy atom. The van der Waals surface area contributed by atoms with Crippen LogP contribution < -0.4 is 11.1 Å². The normalized spacial score (nSPS) is 11.7. The standard InChI is InChI=1S/C30H24N8O/c1-19(35-30(39)25-26-22(9-7-15-32-26)17-33-28(25)31)29-36-24-12-6-8-21(14-13-20-16-34-37(2)18-20)27(24)38(29)23-10-4-3-5-11-23/h3-12,15-19H,1-2H3,(H2,31,33)(H,35,39). The number of nitrogen functional groups attached to an aromatic ring is 1. The molecule has 0 saturated carbocycles. The monoisotopic (exact) mass is 512 g/mol. The minimum absolute atomic E-state index is 0.121. The first-order chi connectivity index (χ1) is 19.0. The number of hydrogen-bond acceptors (Lipinski definition) is 6. The van der Waals surface area contributed by atoms with E-state index in [2.05, 4.69) is 32.2 Å². The van der Waals surface area contributed by atoms with Gasteiger partial charge < -0.3 is 11.1 Å². The highest BCUT2D eigenvalue weighted by Crippen LogP contribution is 2.29. The lowest BCUT2D eigenvalue weighted by atomic mass is 10.1. The van der Waals surface area contributed by atoms with E-state index in [0.717, 1.165) is 33.2 Å². The summed E-state index contributed by atoms with van der Waals surface area (Å²) in [5.41, 5.74) is 11.0. The molecule has 0 spiro atoms. The van der Waals surface area contributed by atoms with Gasteiger partial charge in [0.05, 0.1) is 39.9 Å². The van der Waals surface area contributed by atoms with Crippen LogP contribution in [0.1, 0.15) is 40.3 Å². The number of carbonyl (C=O) groups excluding carboxylic acids is 1. The number of nitrogens with zero attached hydrogens (tertiary/aromatic N) is 6. The van der Waals surface area contributed by atoms with Crippen molar-refractivity contribution in [1.29, 1.82) is 0 Å². The summed E-state index contributed by atoms with van der Waals surface area (Å²) in [6.45, 7) is 1.89. The molecule has 39 heavy (non-hydrogen) atoms. The minimum Gasteiger partial charge on any atom is -0.383 e. The van der Waals surface area contributed by atoms with Gasteiger partial charge in [-0.05, 0) is 43.3 Å². The van der Waals surface area contributed by atoms with Crippen LogP contribution in [0.3, 0.4) is 0 Å². The van der Waals surface area contributed by atoms with Gasteiger partial charge in [-0.25, -0.2) is 9.97 Å². The van der Waals surface area contributed by atoms with E-state index in [1.54, 1.807) is 29.3 Å². The average molecular weight is 513 g/mol. The molecule has 9 heteroatoms. The maximum Gasteiger partial charge on any atom is 0.257 e. The topological polar surface area (TPSA) is 117 Å². The highest BCUT2D eigenvalue weighted by Gasteiger charge is 2.24. The summed E-state index contributed by atoms with van der Waals surface area (Å²) in [7, 11) is 1.86. The van der Waals surface area contributed by atoms with Crippen LogP contribution in [-0.4, -0.2) is 35.2 Å². The predicted octanol–water partition coefficient (Wildman–Crippen LogP) is 4.18. The van der Waals surface area contributed by atoms with Gasteiger partial charge in [-0.2, -0.15) is 5.10 Å². The van der Waals surface area contributed by atoms with Crippen molar-refractivity contribution in [3.8, 4) is 17.5 Å². The zero-order chi connectivity index (χ0) is 26.9. The van der Waals surface area contributed by atoms with Gasteiger partial charge in [-0.3, -0.25) is 19.0 Å². The quantitative estimate of drug-likeness (QED) is 0.343. The van der Waals surface area contributed by atoms with Crippen LogP contribution in [0.15, 0.2) is 85.5 Å². The van der Waals surface area contributed by atoms with Crippen LogP contribution in [0.4, 0.5) is 5.82 Å². The Hall–Kier alpha value is -5.49. The number of amides is 1. The van der Waals surface area contributed by atoms with Crippen molar-refractivity contribution >= 4 is 33.7 Å². The number of carbonyl (C=O) groups is 1. The number of nitrogens with two attached hydrogens (primary N) is 1. The number of aryl methyl sites for hydroxylation is 1. The highest BCUT2D eigenvalue weighted by molar-refractivity contribution is 6.09. The van der Waals surface area contributed by atoms with Crippen molar-refractivity contribution < 1.29 is 4.79 Å². The molecule has 4 aromatic heterocycles. The van der Waals surface area contributed by atoms with Gasteiger partial charge in [0.25, 0.3) is 5.91 Å². The molecule has 0 aliphatic heterocycles. The van der Waals surface area contributed by atoms with Crippen LogP contribution >= 0.6 is 0 Å². The maximum absolute atomic E-state index is 13.5. The molecule has 0 fully saturated rings. The maximum atomic E-state index is 13.5. The number of imidazole rings is 1. The van der Waals surface area contributed by atoms with Gasteiger partial charge in [0.15, 0.2) is 0 Å². The molecule has 6 rings (SSSR count). The average Bonchev–Trinajstić information content (AvgIpc) is 3.56. The Kier molecular flexibility index (Phi) is 5.98. The fraction of sp³-hybridized carbons (Fsp3) is 0.100. The van der Waals surface area contributed by atoms with Gasteiger partial charge >= 0.3 is 0 Å². The molecule has 6 aromatic rings. The number of rotatable bonds is 4. The highest BCUT2D eigenvalue weighted by atomic mass is 16.1. The van der Waals surface area contributed by atoms with Crippen molar-refractivity contribution in [2.24, 2.45) is 7.05 Å². The van der Waals surface area contributed by atoms with Gasteiger partial charge in [0, 0.05) is 36.7 Å². The van der Waals surface area contributed by atoms with E-state index in [4.69, 9.17) is 10.7 Å².